The molecule has 0 aliphatic carbocycles. The van der Waals surface area contributed by atoms with Crippen molar-refractivity contribution >= 4 is 17.7 Å². The molecular weight excluding hydrogens is 324 g/mol. The van der Waals surface area contributed by atoms with Crippen LogP contribution < -0.4 is 0 Å². The molecule has 0 spiro atoms. The SMILES string of the molecule is CCOC(=O)c1c(C)[nH]c(C(=O)C(C)OC(=O)c2ccncc2)c1C. The molecule has 7 heteroatoms. The Morgan fingerprint density at radius 1 is 1.16 bits per heavy atom. The first-order valence-corrected chi connectivity index (χ1v) is 7.88. The Morgan fingerprint density at radius 3 is 2.40 bits per heavy atom. The predicted molar refractivity (Wildman–Crippen MR) is 89.7 cm³/mol. The van der Waals surface area contributed by atoms with Crippen LogP contribution in [0.4, 0.5) is 0 Å². The van der Waals surface area contributed by atoms with Gasteiger partial charge < -0.3 is 14.5 Å². The topological polar surface area (TPSA) is 98.4 Å². The lowest BCUT2D eigenvalue weighted by molar-refractivity contribution is 0.0316. The van der Waals surface area contributed by atoms with E-state index in [2.05, 4.69) is 9.97 Å². The molecule has 0 amide bonds. The van der Waals surface area contributed by atoms with Crippen LogP contribution in [0.5, 0.6) is 0 Å². The fourth-order valence-corrected chi connectivity index (χ4v) is 2.48. The minimum absolute atomic E-state index is 0.232. The summed E-state index contributed by atoms with van der Waals surface area (Å²) in [4.78, 5) is 43.4. The van der Waals surface area contributed by atoms with E-state index >= 15 is 0 Å². The van der Waals surface area contributed by atoms with Crippen molar-refractivity contribution in [2.75, 3.05) is 6.61 Å². The number of aromatic nitrogens is 2. The summed E-state index contributed by atoms with van der Waals surface area (Å²) in [5, 5.41) is 0. The standard InChI is InChI=1S/C18H20N2O5/c1-5-24-18(23)14-10(2)15(20-11(14)3)16(21)12(4)25-17(22)13-6-8-19-9-7-13/h6-9,12,20H,5H2,1-4H3. The zero-order valence-electron chi connectivity index (χ0n) is 14.6. The molecule has 0 aliphatic rings. The van der Waals surface area contributed by atoms with Crippen molar-refractivity contribution in [2.45, 2.75) is 33.8 Å². The minimum Gasteiger partial charge on any atom is -0.462 e. The van der Waals surface area contributed by atoms with Gasteiger partial charge in [0.1, 0.15) is 0 Å². The Labute approximate surface area is 145 Å². The zero-order valence-corrected chi connectivity index (χ0v) is 14.6. The molecule has 2 aromatic rings. The normalized spacial score (nSPS) is 11.7. The molecule has 0 saturated heterocycles. The molecule has 0 radical (unpaired) electrons. The van der Waals surface area contributed by atoms with Gasteiger partial charge in [-0.15, -0.1) is 0 Å². The Morgan fingerprint density at radius 2 is 1.80 bits per heavy atom. The number of nitrogens with one attached hydrogen (secondary N) is 1. The van der Waals surface area contributed by atoms with Crippen LogP contribution in [0.1, 0.15) is 56.3 Å². The number of hydrogen-bond donors (Lipinski definition) is 1. The highest BCUT2D eigenvalue weighted by atomic mass is 16.5. The van der Waals surface area contributed by atoms with Crippen molar-refractivity contribution in [2.24, 2.45) is 0 Å². The highest BCUT2D eigenvalue weighted by Crippen LogP contribution is 2.21. The second kappa shape index (κ2) is 7.74. The lowest BCUT2D eigenvalue weighted by Gasteiger charge is -2.12. The van der Waals surface area contributed by atoms with Crippen LogP contribution in [-0.2, 0) is 9.47 Å². The number of ether oxygens (including phenoxy) is 2. The molecule has 1 unspecified atom stereocenters. The van der Waals surface area contributed by atoms with Gasteiger partial charge in [-0.25, -0.2) is 9.59 Å². The molecule has 2 rings (SSSR count). The molecule has 2 heterocycles. The van der Waals surface area contributed by atoms with Crippen molar-refractivity contribution in [3.63, 3.8) is 0 Å². The van der Waals surface area contributed by atoms with E-state index in [-0.39, 0.29) is 12.3 Å². The van der Waals surface area contributed by atoms with Crippen LogP contribution in [0.2, 0.25) is 0 Å². The molecule has 2 aromatic heterocycles. The maximum absolute atomic E-state index is 12.6. The Kier molecular flexibility index (Phi) is 5.69. The molecule has 0 bridgehead atoms. The van der Waals surface area contributed by atoms with Crippen molar-refractivity contribution < 1.29 is 23.9 Å². The third-order valence-corrected chi connectivity index (χ3v) is 3.73. The third-order valence-electron chi connectivity index (χ3n) is 3.73. The molecule has 1 atom stereocenters. The van der Waals surface area contributed by atoms with Gasteiger partial charge in [-0.05, 0) is 45.4 Å². The number of carbonyl (C=O) groups excluding carboxylic acids is 3. The van der Waals surface area contributed by atoms with Gasteiger partial charge in [-0.3, -0.25) is 9.78 Å². The first kappa shape index (κ1) is 18.4. The molecule has 0 aliphatic heterocycles. The molecule has 0 aromatic carbocycles. The Hall–Kier alpha value is -2.96. The van der Waals surface area contributed by atoms with Gasteiger partial charge in [0, 0.05) is 18.1 Å². The molecule has 1 N–H and O–H groups in total. The quantitative estimate of drug-likeness (QED) is 0.639. The number of nitrogens with zero attached hydrogens (tertiary/aromatic N) is 1. The van der Waals surface area contributed by atoms with Gasteiger partial charge >= 0.3 is 11.9 Å². The monoisotopic (exact) mass is 344 g/mol. The van der Waals surface area contributed by atoms with E-state index in [4.69, 9.17) is 9.47 Å². The first-order chi connectivity index (χ1) is 11.9. The van der Waals surface area contributed by atoms with E-state index in [1.807, 2.05) is 0 Å². The third kappa shape index (κ3) is 3.93. The van der Waals surface area contributed by atoms with E-state index in [0.29, 0.717) is 22.4 Å². The van der Waals surface area contributed by atoms with Crippen molar-refractivity contribution in [1.29, 1.82) is 0 Å². The van der Waals surface area contributed by atoms with Crippen LogP contribution in [0, 0.1) is 13.8 Å². The number of ketones is 1. The molecular formula is C18H20N2O5. The maximum atomic E-state index is 12.6. The van der Waals surface area contributed by atoms with Crippen molar-refractivity contribution in [1.82, 2.24) is 9.97 Å². The van der Waals surface area contributed by atoms with Gasteiger partial charge in [0.2, 0.25) is 5.78 Å². The second-order valence-electron chi connectivity index (χ2n) is 5.49. The molecule has 7 nitrogen and oxygen atoms in total. The number of Topliss-reactive ketones (excluding diaryl/α,β-unsaturated/α-hetero) is 1. The van der Waals surface area contributed by atoms with Crippen LogP contribution in [0.3, 0.4) is 0 Å². The van der Waals surface area contributed by atoms with Gasteiger partial charge in [0.25, 0.3) is 0 Å². The Balaban J connectivity index is 2.19. The van der Waals surface area contributed by atoms with E-state index < -0.39 is 23.8 Å². The number of aryl methyl sites for hydroxylation is 1. The number of pyridine rings is 1. The average Bonchev–Trinajstić information content (AvgIpc) is 2.89. The summed E-state index contributed by atoms with van der Waals surface area (Å²) in [6.45, 7) is 6.78. The number of aromatic amines is 1. The number of H-pyrrole nitrogens is 1. The molecule has 132 valence electrons. The summed E-state index contributed by atoms with van der Waals surface area (Å²) in [7, 11) is 0. The maximum Gasteiger partial charge on any atom is 0.340 e. The number of esters is 2. The van der Waals surface area contributed by atoms with Crippen LogP contribution in [-0.4, -0.2) is 40.4 Å². The van der Waals surface area contributed by atoms with Crippen LogP contribution >= 0.6 is 0 Å². The summed E-state index contributed by atoms with van der Waals surface area (Å²) in [5.74, 6) is -1.53. The summed E-state index contributed by atoms with van der Waals surface area (Å²) in [5.41, 5.74) is 1.88. The second-order valence-corrected chi connectivity index (χ2v) is 5.49. The summed E-state index contributed by atoms with van der Waals surface area (Å²) in [6, 6.07) is 3.00. The van der Waals surface area contributed by atoms with E-state index in [9.17, 15) is 14.4 Å². The van der Waals surface area contributed by atoms with E-state index in [1.54, 1.807) is 20.8 Å². The van der Waals surface area contributed by atoms with Gasteiger partial charge in [-0.2, -0.15) is 0 Å². The highest BCUT2D eigenvalue weighted by Gasteiger charge is 2.27. The van der Waals surface area contributed by atoms with Gasteiger partial charge in [-0.1, -0.05) is 0 Å². The van der Waals surface area contributed by atoms with Crippen LogP contribution in [0.15, 0.2) is 24.5 Å². The van der Waals surface area contributed by atoms with E-state index in [1.165, 1.54) is 31.5 Å². The number of rotatable bonds is 6. The zero-order chi connectivity index (χ0) is 18.6. The lowest BCUT2D eigenvalue weighted by Crippen LogP contribution is -2.25. The van der Waals surface area contributed by atoms with Crippen molar-refractivity contribution in [3.05, 3.63) is 52.6 Å². The summed E-state index contributed by atoms with van der Waals surface area (Å²) in [6.07, 6.45) is 1.92. The van der Waals surface area contributed by atoms with Crippen molar-refractivity contribution in [3.8, 4) is 0 Å². The predicted octanol–water partition coefficient (Wildman–Crippen LogP) is 2.63. The lowest BCUT2D eigenvalue weighted by atomic mass is 10.1. The average molecular weight is 344 g/mol. The minimum atomic E-state index is -1.01. The number of carbonyl (C=O) groups is 3. The summed E-state index contributed by atoms with van der Waals surface area (Å²) >= 11 is 0. The summed E-state index contributed by atoms with van der Waals surface area (Å²) < 4.78 is 10.2. The fourth-order valence-electron chi connectivity index (χ4n) is 2.48. The first-order valence-electron chi connectivity index (χ1n) is 7.88. The van der Waals surface area contributed by atoms with Gasteiger partial charge in [0.05, 0.1) is 23.4 Å². The number of hydrogen-bond acceptors (Lipinski definition) is 6. The van der Waals surface area contributed by atoms with E-state index in [0.717, 1.165) is 0 Å². The Bertz CT molecular complexity index is 795. The smallest absolute Gasteiger partial charge is 0.340 e. The van der Waals surface area contributed by atoms with Gasteiger partial charge in [0.15, 0.2) is 6.10 Å². The molecule has 0 fully saturated rings. The molecule has 0 saturated carbocycles. The highest BCUT2D eigenvalue weighted by molar-refractivity contribution is 6.04. The molecule has 25 heavy (non-hydrogen) atoms. The van der Waals surface area contributed by atoms with Crippen LogP contribution in [0.25, 0.3) is 0 Å². The largest absolute Gasteiger partial charge is 0.462 e. The fraction of sp³-hybridized carbons (Fsp3) is 0.333.